The Balaban J connectivity index is 1.97. The third-order valence-electron chi connectivity index (χ3n) is 3.55. The van der Waals surface area contributed by atoms with Crippen LogP contribution in [0.5, 0.6) is 0 Å². The number of aromatic amines is 1. The average molecular weight is 366 g/mol. The van der Waals surface area contributed by atoms with Crippen LogP contribution in [-0.4, -0.2) is 16.6 Å². The summed E-state index contributed by atoms with van der Waals surface area (Å²) in [6.45, 7) is 1.72. The molecule has 0 spiro atoms. The highest BCUT2D eigenvalue weighted by Gasteiger charge is 2.36. The lowest BCUT2D eigenvalue weighted by atomic mass is 10.1. The van der Waals surface area contributed by atoms with Crippen molar-refractivity contribution >= 4 is 0 Å². The number of benzene rings is 1. The predicted octanol–water partition coefficient (Wildman–Crippen LogP) is 4.91. The Morgan fingerprint density at radius 1 is 1.00 bits per heavy atom. The van der Waals surface area contributed by atoms with Gasteiger partial charge in [-0.05, 0) is 43.5 Å². The molecule has 1 heterocycles. The quantitative estimate of drug-likeness (QED) is 0.583. The van der Waals surface area contributed by atoms with E-state index in [1.807, 2.05) is 6.92 Å². The maximum Gasteiger partial charge on any atom is 0.416 e. The van der Waals surface area contributed by atoms with Gasteiger partial charge in [0, 0.05) is 12.3 Å². The molecule has 0 amide bonds. The van der Waals surface area contributed by atoms with Gasteiger partial charge in [0.25, 0.3) is 0 Å². The van der Waals surface area contributed by atoms with Crippen molar-refractivity contribution in [2.75, 3.05) is 6.61 Å². The van der Waals surface area contributed by atoms with Crippen LogP contribution in [0.2, 0.25) is 0 Å². The fraction of sp³-hybridized carbons (Fsp3) is 0.438. The molecule has 138 valence electrons. The zero-order valence-electron chi connectivity index (χ0n) is 13.3. The number of H-pyrrole nitrogens is 1. The van der Waals surface area contributed by atoms with E-state index in [4.69, 9.17) is 4.74 Å². The lowest BCUT2D eigenvalue weighted by molar-refractivity contribution is -0.143. The molecule has 0 aliphatic carbocycles. The van der Waals surface area contributed by atoms with Crippen molar-refractivity contribution in [1.29, 1.82) is 0 Å². The normalized spacial score (nSPS) is 12.6. The molecule has 25 heavy (non-hydrogen) atoms. The number of aryl methyl sites for hydroxylation is 2. The van der Waals surface area contributed by atoms with E-state index >= 15 is 0 Å². The fourth-order valence-electron chi connectivity index (χ4n) is 2.27. The van der Waals surface area contributed by atoms with E-state index in [1.54, 1.807) is 6.33 Å². The van der Waals surface area contributed by atoms with Crippen LogP contribution >= 0.6 is 0 Å². The molecular formula is C16H16F6N2O. The van der Waals surface area contributed by atoms with Crippen molar-refractivity contribution in [1.82, 2.24) is 9.97 Å². The van der Waals surface area contributed by atoms with Gasteiger partial charge in [-0.3, -0.25) is 0 Å². The van der Waals surface area contributed by atoms with Crippen molar-refractivity contribution in [3.63, 3.8) is 0 Å². The molecule has 0 saturated carbocycles. The number of ether oxygens (including phenoxy) is 1. The van der Waals surface area contributed by atoms with Gasteiger partial charge in [-0.25, -0.2) is 4.98 Å². The third-order valence-corrected chi connectivity index (χ3v) is 3.55. The summed E-state index contributed by atoms with van der Waals surface area (Å²) >= 11 is 0. The summed E-state index contributed by atoms with van der Waals surface area (Å²) in [5.74, 6) is 0. The van der Waals surface area contributed by atoms with Crippen LogP contribution in [0.4, 0.5) is 26.3 Å². The van der Waals surface area contributed by atoms with Gasteiger partial charge in [-0.1, -0.05) is 0 Å². The number of nitrogens with one attached hydrogen (secondary N) is 1. The summed E-state index contributed by atoms with van der Waals surface area (Å²) in [6, 6.07) is 1.45. The summed E-state index contributed by atoms with van der Waals surface area (Å²) in [6.07, 6.45) is -7.00. The van der Waals surface area contributed by atoms with Crippen LogP contribution in [-0.2, 0) is 30.1 Å². The highest BCUT2D eigenvalue weighted by molar-refractivity contribution is 5.33. The van der Waals surface area contributed by atoms with Crippen LogP contribution in [0, 0.1) is 6.92 Å². The van der Waals surface area contributed by atoms with Gasteiger partial charge < -0.3 is 9.72 Å². The van der Waals surface area contributed by atoms with Gasteiger partial charge >= 0.3 is 12.4 Å². The van der Waals surface area contributed by atoms with Crippen LogP contribution in [0.3, 0.4) is 0 Å². The van der Waals surface area contributed by atoms with Crippen molar-refractivity contribution in [3.05, 3.63) is 52.6 Å². The first kappa shape index (κ1) is 19.3. The molecular weight excluding hydrogens is 350 g/mol. The maximum absolute atomic E-state index is 12.8. The van der Waals surface area contributed by atoms with E-state index in [9.17, 15) is 26.3 Å². The Morgan fingerprint density at radius 3 is 2.08 bits per heavy atom. The molecule has 1 N–H and O–H groups in total. The number of halogens is 6. The molecule has 2 rings (SSSR count). The number of hydrogen-bond donors (Lipinski definition) is 1. The summed E-state index contributed by atoms with van der Waals surface area (Å²) < 4.78 is 81.8. The zero-order chi connectivity index (χ0) is 18.7. The standard InChI is InChI=1S/C16H16F6N2O/c1-10-14(24-9-23-10)3-2-4-25-8-11-5-12(15(17,18)19)7-13(6-11)16(20,21)22/h5-7,9H,2-4,8H2,1H3,(H,23,24). The van der Waals surface area contributed by atoms with Gasteiger partial charge in [0.05, 0.1) is 29.8 Å². The lowest BCUT2D eigenvalue weighted by Crippen LogP contribution is -2.12. The van der Waals surface area contributed by atoms with Gasteiger partial charge in [-0.15, -0.1) is 0 Å². The van der Waals surface area contributed by atoms with Crippen LogP contribution < -0.4 is 0 Å². The second kappa shape index (κ2) is 7.47. The molecule has 0 aliphatic heterocycles. The minimum absolute atomic E-state index is 0.101. The Morgan fingerprint density at radius 2 is 1.60 bits per heavy atom. The molecule has 1 aromatic carbocycles. The van der Waals surface area contributed by atoms with E-state index in [1.165, 1.54) is 0 Å². The molecule has 9 heteroatoms. The SMILES string of the molecule is Cc1[nH]cnc1CCCOCc1cc(C(F)(F)F)cc(C(F)(F)F)c1. The first-order valence-corrected chi connectivity index (χ1v) is 7.42. The second-order valence-electron chi connectivity index (χ2n) is 5.54. The monoisotopic (exact) mass is 366 g/mol. The first-order valence-electron chi connectivity index (χ1n) is 7.42. The summed E-state index contributed by atoms with van der Waals surface area (Å²) in [4.78, 5) is 7.00. The lowest BCUT2D eigenvalue weighted by Gasteiger charge is -2.14. The van der Waals surface area contributed by atoms with E-state index < -0.39 is 23.5 Å². The van der Waals surface area contributed by atoms with Crippen LogP contribution in [0.25, 0.3) is 0 Å². The van der Waals surface area contributed by atoms with Gasteiger partial charge in [0.1, 0.15) is 0 Å². The summed E-state index contributed by atoms with van der Waals surface area (Å²) in [5, 5.41) is 0. The average Bonchev–Trinajstić information content (AvgIpc) is 2.90. The van der Waals surface area contributed by atoms with E-state index in [0.717, 1.165) is 11.4 Å². The zero-order valence-corrected chi connectivity index (χ0v) is 13.3. The van der Waals surface area contributed by atoms with E-state index in [2.05, 4.69) is 9.97 Å². The number of imidazole rings is 1. The largest absolute Gasteiger partial charge is 0.416 e. The molecule has 0 aliphatic rings. The highest BCUT2D eigenvalue weighted by atomic mass is 19.4. The van der Waals surface area contributed by atoms with Gasteiger partial charge in [0.15, 0.2) is 0 Å². The van der Waals surface area contributed by atoms with Crippen molar-refractivity contribution in [2.45, 2.75) is 38.7 Å². The molecule has 0 fully saturated rings. The number of hydrogen-bond acceptors (Lipinski definition) is 2. The molecule has 3 nitrogen and oxygen atoms in total. The highest BCUT2D eigenvalue weighted by Crippen LogP contribution is 2.36. The van der Waals surface area contributed by atoms with Crippen molar-refractivity contribution in [2.24, 2.45) is 0 Å². The summed E-state index contributed by atoms with van der Waals surface area (Å²) in [5.41, 5.74) is -1.09. The Bertz CT molecular complexity index is 673. The number of alkyl halides is 6. The first-order chi connectivity index (χ1) is 11.6. The maximum atomic E-state index is 12.8. The van der Waals surface area contributed by atoms with Crippen molar-refractivity contribution in [3.8, 4) is 0 Å². The Hall–Kier alpha value is -2.03. The number of nitrogens with zero attached hydrogens (tertiary/aromatic N) is 1. The molecule has 0 atom stereocenters. The molecule has 1 aromatic heterocycles. The molecule has 0 bridgehead atoms. The third kappa shape index (κ3) is 5.48. The minimum atomic E-state index is -4.85. The number of rotatable bonds is 6. The van der Waals surface area contributed by atoms with Crippen molar-refractivity contribution < 1.29 is 31.1 Å². The van der Waals surface area contributed by atoms with Crippen LogP contribution in [0.15, 0.2) is 24.5 Å². The smallest absolute Gasteiger partial charge is 0.377 e. The van der Waals surface area contributed by atoms with Gasteiger partial charge in [0.2, 0.25) is 0 Å². The minimum Gasteiger partial charge on any atom is -0.377 e. The Kier molecular flexibility index (Phi) is 5.76. The molecule has 0 radical (unpaired) electrons. The van der Waals surface area contributed by atoms with E-state index in [0.29, 0.717) is 25.0 Å². The summed E-state index contributed by atoms with van der Waals surface area (Å²) in [7, 11) is 0. The topological polar surface area (TPSA) is 37.9 Å². The predicted molar refractivity (Wildman–Crippen MR) is 77.7 cm³/mol. The van der Waals surface area contributed by atoms with Gasteiger partial charge in [-0.2, -0.15) is 26.3 Å². The molecule has 0 unspecified atom stereocenters. The second-order valence-corrected chi connectivity index (χ2v) is 5.54. The fourth-order valence-corrected chi connectivity index (χ4v) is 2.27. The number of aromatic nitrogens is 2. The molecule has 2 aromatic rings. The van der Waals surface area contributed by atoms with E-state index in [-0.39, 0.29) is 24.8 Å². The van der Waals surface area contributed by atoms with Crippen LogP contribution in [0.1, 0.15) is 34.5 Å². The molecule has 0 saturated heterocycles. The Labute approximate surface area is 140 Å².